The third kappa shape index (κ3) is 8.77. The van der Waals surface area contributed by atoms with Gasteiger partial charge in [0.15, 0.2) is 0 Å². The van der Waals surface area contributed by atoms with Crippen molar-refractivity contribution in [3.05, 3.63) is 75.7 Å². The summed E-state index contributed by atoms with van der Waals surface area (Å²) in [4.78, 5) is 45.3. The first-order chi connectivity index (χ1) is 25.4. The van der Waals surface area contributed by atoms with Gasteiger partial charge in [-0.25, -0.2) is 0 Å². The number of thiophene rings is 1. The fourth-order valence-corrected chi connectivity index (χ4v) is 7.94. The average Bonchev–Trinajstić information content (AvgIpc) is 3.60. The van der Waals surface area contributed by atoms with Crippen LogP contribution in [0.15, 0.2) is 54.0 Å². The lowest BCUT2D eigenvalue weighted by Crippen LogP contribution is -2.68. The van der Waals surface area contributed by atoms with Crippen LogP contribution in [0.2, 0.25) is 0 Å². The smallest absolute Gasteiger partial charge is 0.425 e. The fraction of sp³-hybridized carbons (Fsp3) is 0.514. The third-order valence-electron chi connectivity index (χ3n) is 9.83. The van der Waals surface area contributed by atoms with E-state index in [-0.39, 0.29) is 76.4 Å². The minimum absolute atomic E-state index is 0.000509. The van der Waals surface area contributed by atoms with Gasteiger partial charge >= 0.3 is 18.3 Å². The number of carboxylic acids is 1. The molecule has 3 atom stereocenters. The summed E-state index contributed by atoms with van der Waals surface area (Å²) in [7, 11) is 0. The second-order valence-electron chi connectivity index (χ2n) is 13.8. The Kier molecular flexibility index (Phi) is 12.2. The summed E-state index contributed by atoms with van der Waals surface area (Å²) in [5.41, 5.74) is -5.20. The number of carbonyl (C=O) groups is 3. The molecule has 54 heavy (non-hydrogen) atoms. The van der Waals surface area contributed by atoms with Crippen LogP contribution in [0.3, 0.4) is 0 Å². The molecular weight excluding hydrogens is 744 g/mol. The van der Waals surface area contributed by atoms with Gasteiger partial charge in [0.05, 0.1) is 30.2 Å². The van der Waals surface area contributed by atoms with Crippen molar-refractivity contribution in [1.82, 2.24) is 14.8 Å². The van der Waals surface area contributed by atoms with Gasteiger partial charge in [-0.05, 0) is 43.9 Å². The summed E-state index contributed by atoms with van der Waals surface area (Å²) in [6.45, 7) is 3.36. The van der Waals surface area contributed by atoms with Gasteiger partial charge in [0.2, 0.25) is 5.60 Å². The summed E-state index contributed by atoms with van der Waals surface area (Å²) < 4.78 is 95.3. The highest BCUT2D eigenvalue weighted by Crippen LogP contribution is 2.44. The summed E-state index contributed by atoms with van der Waals surface area (Å²) in [6, 6.07) is 8.05. The van der Waals surface area contributed by atoms with E-state index < -0.39 is 63.5 Å². The number of pyridine rings is 1. The minimum atomic E-state index is -4.92. The Bertz CT molecular complexity index is 1810. The maximum Gasteiger partial charge on any atom is 0.425 e. The Labute approximate surface area is 311 Å². The monoisotopic (exact) mass is 785 g/mol. The summed E-state index contributed by atoms with van der Waals surface area (Å²) in [6.07, 6.45) is -8.29. The molecule has 0 aliphatic carbocycles. The number of amides is 2. The van der Waals surface area contributed by atoms with E-state index in [0.29, 0.717) is 29.1 Å². The largest absolute Gasteiger partial charge is 0.493 e. The van der Waals surface area contributed by atoms with Crippen LogP contribution in [-0.2, 0) is 27.5 Å². The quantitative estimate of drug-likeness (QED) is 0.182. The molecule has 294 valence electrons. The SMILES string of the molecule is CCCC1N(C(=O)c2ncccc2C(F)(F)F)CCCC1(Oc1csc(C(F)(F)F)c1)C(=O)N1CCC(O)(c2ccccc2OCC(C)CC(=O)O)CC1. The zero-order valence-electron chi connectivity index (χ0n) is 29.6. The van der Waals surface area contributed by atoms with Gasteiger partial charge < -0.3 is 29.5 Å². The van der Waals surface area contributed by atoms with Gasteiger partial charge in [0, 0.05) is 55.2 Å². The highest BCUT2D eigenvalue weighted by atomic mass is 32.1. The number of nitrogens with zero attached hydrogens (tertiary/aromatic N) is 3. The number of aromatic nitrogens is 1. The number of rotatable bonds is 12. The Morgan fingerprint density at radius 2 is 1.72 bits per heavy atom. The molecule has 0 spiro atoms. The molecule has 2 aliphatic rings. The standard InChI is InChI=1S/C37H41F6N3O7S/c1-3-8-28-35(53-24-20-29(54-22-24)37(41,42)43,12-7-16-46(28)32(49)31-26(36(38,39)40)10-6-15-44-31)33(50)45-17-13-34(51,14-18-45)25-9-4-5-11-27(25)52-21-23(2)19-30(47)48/h4-6,9-11,15,20,22-23,28,51H,3,7-8,12-14,16-19,21H2,1-2H3,(H,47,48). The molecule has 4 heterocycles. The van der Waals surface area contributed by atoms with Crippen molar-refractivity contribution < 1.29 is 60.4 Å². The van der Waals surface area contributed by atoms with E-state index >= 15 is 0 Å². The van der Waals surface area contributed by atoms with Crippen LogP contribution in [0.1, 0.15) is 85.3 Å². The molecule has 5 rings (SSSR count). The first-order valence-electron chi connectivity index (χ1n) is 17.5. The van der Waals surface area contributed by atoms with Crippen LogP contribution in [0.4, 0.5) is 26.3 Å². The van der Waals surface area contributed by atoms with Crippen LogP contribution in [0, 0.1) is 5.92 Å². The number of aliphatic carboxylic acids is 1. The number of halogens is 6. The number of hydrogen-bond acceptors (Lipinski definition) is 8. The molecule has 0 saturated carbocycles. The lowest BCUT2D eigenvalue weighted by atomic mass is 9.78. The number of benzene rings is 1. The van der Waals surface area contributed by atoms with Crippen molar-refractivity contribution in [3.63, 3.8) is 0 Å². The maximum atomic E-state index is 14.9. The molecule has 1 aromatic carbocycles. The van der Waals surface area contributed by atoms with E-state index in [1.54, 1.807) is 38.1 Å². The zero-order valence-corrected chi connectivity index (χ0v) is 30.4. The van der Waals surface area contributed by atoms with E-state index in [0.717, 1.165) is 34.7 Å². The molecule has 17 heteroatoms. The summed E-state index contributed by atoms with van der Waals surface area (Å²) in [5.74, 6) is -3.01. The van der Waals surface area contributed by atoms with Gasteiger partial charge in [-0.1, -0.05) is 38.5 Å². The third-order valence-corrected chi connectivity index (χ3v) is 10.8. The molecule has 2 fully saturated rings. The van der Waals surface area contributed by atoms with Crippen LogP contribution in [0.25, 0.3) is 0 Å². The molecule has 2 aromatic heterocycles. The minimum Gasteiger partial charge on any atom is -0.493 e. The Morgan fingerprint density at radius 1 is 1.02 bits per heavy atom. The van der Waals surface area contributed by atoms with E-state index in [9.17, 15) is 45.8 Å². The molecule has 0 radical (unpaired) electrons. The number of piperidine rings is 2. The number of carboxylic acid groups (broad SMARTS) is 1. The molecule has 2 aliphatic heterocycles. The normalized spacial score (nSPS) is 21.0. The van der Waals surface area contributed by atoms with Gasteiger partial charge in [-0.2, -0.15) is 26.3 Å². The van der Waals surface area contributed by atoms with Crippen LogP contribution in [-0.4, -0.2) is 80.7 Å². The van der Waals surface area contributed by atoms with E-state index in [2.05, 4.69) is 4.98 Å². The topological polar surface area (TPSA) is 130 Å². The van der Waals surface area contributed by atoms with E-state index in [4.69, 9.17) is 14.6 Å². The molecule has 2 amide bonds. The predicted octanol–water partition coefficient (Wildman–Crippen LogP) is 7.40. The van der Waals surface area contributed by atoms with Gasteiger partial charge in [-0.15, -0.1) is 11.3 Å². The van der Waals surface area contributed by atoms with Crippen molar-refractivity contribution in [1.29, 1.82) is 0 Å². The second-order valence-corrected chi connectivity index (χ2v) is 14.7. The first kappa shape index (κ1) is 40.8. The van der Waals surface area contributed by atoms with Crippen LogP contribution in [0.5, 0.6) is 11.5 Å². The molecule has 2 N–H and O–H groups in total. The number of likely N-dealkylation sites (tertiary alicyclic amines) is 2. The number of ether oxygens (including phenoxy) is 2. The number of carbonyl (C=O) groups excluding carboxylic acids is 2. The highest BCUT2D eigenvalue weighted by molar-refractivity contribution is 7.10. The Morgan fingerprint density at radius 3 is 2.35 bits per heavy atom. The molecule has 3 unspecified atom stereocenters. The van der Waals surface area contributed by atoms with Gasteiger partial charge in [0.1, 0.15) is 22.1 Å². The van der Waals surface area contributed by atoms with Gasteiger partial charge in [0.25, 0.3) is 11.8 Å². The van der Waals surface area contributed by atoms with Crippen molar-refractivity contribution in [2.24, 2.45) is 5.92 Å². The molecule has 0 bridgehead atoms. The Balaban J connectivity index is 1.48. The first-order valence-corrected chi connectivity index (χ1v) is 18.4. The maximum absolute atomic E-state index is 14.9. The highest BCUT2D eigenvalue weighted by Gasteiger charge is 2.57. The number of hydrogen-bond donors (Lipinski definition) is 2. The van der Waals surface area contributed by atoms with E-state index in [1.165, 1.54) is 4.90 Å². The lowest BCUT2D eigenvalue weighted by Gasteiger charge is -2.51. The van der Waals surface area contributed by atoms with Crippen molar-refractivity contribution in [2.45, 2.75) is 88.4 Å². The average molecular weight is 786 g/mol. The predicted molar refractivity (Wildman–Crippen MR) is 184 cm³/mol. The van der Waals surface area contributed by atoms with Crippen LogP contribution >= 0.6 is 11.3 Å². The second kappa shape index (κ2) is 16.2. The lowest BCUT2D eigenvalue weighted by molar-refractivity contribution is -0.163. The summed E-state index contributed by atoms with van der Waals surface area (Å²) in [5, 5.41) is 22.1. The number of para-hydroxylation sites is 1. The number of alkyl halides is 6. The van der Waals surface area contributed by atoms with Crippen molar-refractivity contribution in [2.75, 3.05) is 26.2 Å². The zero-order chi connectivity index (χ0) is 39.5. The van der Waals surface area contributed by atoms with E-state index in [1.807, 2.05) is 0 Å². The molecule has 2 saturated heterocycles. The fourth-order valence-electron chi connectivity index (χ4n) is 7.26. The van der Waals surface area contributed by atoms with Crippen molar-refractivity contribution >= 4 is 29.1 Å². The van der Waals surface area contributed by atoms with Gasteiger partial charge in [-0.3, -0.25) is 19.4 Å². The van der Waals surface area contributed by atoms with Crippen molar-refractivity contribution in [3.8, 4) is 11.5 Å². The van der Waals surface area contributed by atoms with Crippen LogP contribution < -0.4 is 9.47 Å². The Hall–Kier alpha value is -4.38. The summed E-state index contributed by atoms with van der Waals surface area (Å²) >= 11 is 0.357. The molecule has 3 aromatic rings. The number of aliphatic hydroxyl groups is 1. The molecular formula is C37H41F6N3O7S. The molecule has 10 nitrogen and oxygen atoms in total.